The first-order chi connectivity index (χ1) is 7.91. The second-order valence-corrected chi connectivity index (χ2v) is 5.12. The van der Waals surface area contributed by atoms with Crippen molar-refractivity contribution >= 4 is 23.2 Å². The van der Waals surface area contributed by atoms with E-state index in [0.29, 0.717) is 5.01 Å². The van der Waals surface area contributed by atoms with Crippen molar-refractivity contribution in [3.63, 3.8) is 0 Å². The van der Waals surface area contributed by atoms with E-state index in [0.717, 1.165) is 0 Å². The molecule has 1 rings (SSSR count). The van der Waals surface area contributed by atoms with Crippen LogP contribution in [0.3, 0.4) is 0 Å². The van der Waals surface area contributed by atoms with E-state index in [-0.39, 0.29) is 30.0 Å². The number of thiazole rings is 1. The van der Waals surface area contributed by atoms with Crippen LogP contribution < -0.4 is 5.32 Å². The first-order valence-electron chi connectivity index (χ1n) is 5.37. The first-order valence-corrected chi connectivity index (χ1v) is 6.25. The number of aromatic nitrogens is 1. The lowest BCUT2D eigenvalue weighted by molar-refractivity contribution is -0.125. The van der Waals surface area contributed by atoms with E-state index in [1.54, 1.807) is 0 Å². The monoisotopic (exact) mass is 256 g/mol. The summed E-state index contributed by atoms with van der Waals surface area (Å²) in [5.41, 5.74) is 0.0242. The minimum Gasteiger partial charge on any atom is -0.476 e. The summed E-state index contributed by atoms with van der Waals surface area (Å²) >= 11 is 1.23. The maximum atomic E-state index is 11.6. The predicted octanol–water partition coefficient (Wildman–Crippen LogP) is 1.75. The van der Waals surface area contributed by atoms with Crippen molar-refractivity contribution in [3.8, 4) is 0 Å². The Hall–Kier alpha value is -1.43. The Bertz CT molecular complexity index is 415. The van der Waals surface area contributed by atoms with Crippen molar-refractivity contribution in [3.05, 3.63) is 16.1 Å². The first kappa shape index (κ1) is 13.6. The van der Waals surface area contributed by atoms with Crippen LogP contribution >= 0.6 is 11.3 Å². The zero-order valence-corrected chi connectivity index (χ0v) is 10.9. The zero-order valence-electron chi connectivity index (χ0n) is 10.1. The molecule has 2 N–H and O–H groups in total. The topological polar surface area (TPSA) is 79.3 Å². The Kier molecular flexibility index (Phi) is 4.62. The molecule has 1 unspecified atom stereocenters. The van der Waals surface area contributed by atoms with Gasteiger partial charge < -0.3 is 10.4 Å². The van der Waals surface area contributed by atoms with Gasteiger partial charge in [0, 0.05) is 11.3 Å². The molecule has 1 amide bonds. The van der Waals surface area contributed by atoms with Crippen LogP contribution in [0.25, 0.3) is 0 Å². The Morgan fingerprint density at radius 3 is 2.59 bits per heavy atom. The molecule has 0 aliphatic rings. The van der Waals surface area contributed by atoms with Gasteiger partial charge in [0.05, 0.1) is 6.54 Å². The predicted molar refractivity (Wildman–Crippen MR) is 64.9 cm³/mol. The quantitative estimate of drug-likeness (QED) is 0.841. The molecular weight excluding hydrogens is 240 g/mol. The van der Waals surface area contributed by atoms with Crippen molar-refractivity contribution in [1.82, 2.24) is 10.3 Å². The highest BCUT2D eigenvalue weighted by molar-refractivity contribution is 7.09. The third-order valence-corrected chi connectivity index (χ3v) is 3.45. The number of nitrogens with one attached hydrogen (secondary N) is 1. The molecule has 1 aromatic heterocycles. The third kappa shape index (κ3) is 3.81. The second-order valence-electron chi connectivity index (χ2n) is 4.18. The number of amides is 1. The van der Waals surface area contributed by atoms with Crippen molar-refractivity contribution in [1.29, 1.82) is 0 Å². The summed E-state index contributed by atoms with van der Waals surface area (Å²) in [5.74, 6) is -0.865. The van der Waals surface area contributed by atoms with Gasteiger partial charge in [-0.25, -0.2) is 9.78 Å². The molecule has 1 heterocycles. The molecule has 0 aliphatic heterocycles. The largest absolute Gasteiger partial charge is 0.476 e. The summed E-state index contributed by atoms with van der Waals surface area (Å²) in [7, 11) is 0. The number of nitrogens with zero attached hydrogens (tertiary/aromatic N) is 1. The Morgan fingerprint density at radius 2 is 2.12 bits per heavy atom. The Labute approximate surface area is 104 Å². The van der Waals surface area contributed by atoms with Crippen molar-refractivity contribution < 1.29 is 14.7 Å². The van der Waals surface area contributed by atoms with Crippen LogP contribution in [0.2, 0.25) is 0 Å². The van der Waals surface area contributed by atoms with Crippen LogP contribution in [-0.4, -0.2) is 22.0 Å². The van der Waals surface area contributed by atoms with Crippen LogP contribution in [0, 0.1) is 11.8 Å². The van der Waals surface area contributed by atoms with Gasteiger partial charge in [-0.3, -0.25) is 4.79 Å². The van der Waals surface area contributed by atoms with Gasteiger partial charge in [-0.1, -0.05) is 20.8 Å². The van der Waals surface area contributed by atoms with Crippen molar-refractivity contribution in [2.75, 3.05) is 0 Å². The fraction of sp³-hybridized carbons (Fsp3) is 0.545. The highest BCUT2D eigenvalue weighted by atomic mass is 32.1. The molecule has 1 atom stereocenters. The number of carbonyl (C=O) groups is 2. The average molecular weight is 256 g/mol. The molecule has 0 spiro atoms. The molecule has 94 valence electrons. The van der Waals surface area contributed by atoms with Gasteiger partial charge in [-0.15, -0.1) is 11.3 Å². The molecule has 0 bridgehead atoms. The SMILES string of the molecule is CC(C)C(C)C(=O)NCc1nc(C(=O)O)cs1. The maximum Gasteiger partial charge on any atom is 0.355 e. The Morgan fingerprint density at radius 1 is 1.47 bits per heavy atom. The van der Waals surface area contributed by atoms with E-state index < -0.39 is 5.97 Å². The third-order valence-electron chi connectivity index (χ3n) is 2.60. The fourth-order valence-corrected chi connectivity index (χ4v) is 1.82. The molecule has 0 saturated carbocycles. The van der Waals surface area contributed by atoms with E-state index in [2.05, 4.69) is 10.3 Å². The molecule has 0 saturated heterocycles. The fourth-order valence-electron chi connectivity index (χ4n) is 1.12. The van der Waals surface area contributed by atoms with Crippen molar-refractivity contribution in [2.45, 2.75) is 27.3 Å². The van der Waals surface area contributed by atoms with Crippen LogP contribution in [0.1, 0.15) is 36.3 Å². The maximum absolute atomic E-state index is 11.6. The lowest BCUT2D eigenvalue weighted by Gasteiger charge is -2.14. The summed E-state index contributed by atoms with van der Waals surface area (Å²) in [6.07, 6.45) is 0. The normalized spacial score (nSPS) is 12.5. The summed E-state index contributed by atoms with van der Waals surface area (Å²) in [6.45, 7) is 6.12. The minimum absolute atomic E-state index is 0.0242. The van der Waals surface area contributed by atoms with E-state index in [1.165, 1.54) is 16.7 Å². The number of carboxylic acids is 1. The molecule has 1 aromatic rings. The molecule has 6 heteroatoms. The average Bonchev–Trinajstić information content (AvgIpc) is 2.73. The molecule has 0 fully saturated rings. The van der Waals surface area contributed by atoms with Gasteiger partial charge in [0.1, 0.15) is 5.01 Å². The standard InChI is InChI=1S/C11H16N2O3S/c1-6(2)7(3)10(14)12-4-9-13-8(5-17-9)11(15)16/h5-7H,4H2,1-3H3,(H,12,14)(H,15,16). The summed E-state index contributed by atoms with van der Waals surface area (Å²) < 4.78 is 0. The van der Waals surface area contributed by atoms with Gasteiger partial charge in [-0.05, 0) is 5.92 Å². The smallest absolute Gasteiger partial charge is 0.355 e. The van der Waals surface area contributed by atoms with Crippen LogP contribution in [0.5, 0.6) is 0 Å². The molecule has 0 aromatic carbocycles. The molecule has 17 heavy (non-hydrogen) atoms. The van der Waals surface area contributed by atoms with E-state index in [1.807, 2.05) is 20.8 Å². The summed E-state index contributed by atoms with van der Waals surface area (Å²) in [5, 5.41) is 13.5. The van der Waals surface area contributed by atoms with Crippen molar-refractivity contribution in [2.24, 2.45) is 11.8 Å². The highest BCUT2D eigenvalue weighted by Gasteiger charge is 2.16. The number of carbonyl (C=O) groups excluding carboxylic acids is 1. The number of hydrogen-bond acceptors (Lipinski definition) is 4. The van der Waals surface area contributed by atoms with Gasteiger partial charge in [0.2, 0.25) is 5.91 Å². The lowest BCUT2D eigenvalue weighted by atomic mass is 9.97. The molecule has 5 nitrogen and oxygen atoms in total. The number of aromatic carboxylic acids is 1. The van der Waals surface area contributed by atoms with E-state index in [4.69, 9.17) is 5.11 Å². The highest BCUT2D eigenvalue weighted by Crippen LogP contribution is 2.12. The summed E-state index contributed by atoms with van der Waals surface area (Å²) in [6, 6.07) is 0. The molecular formula is C11H16N2O3S. The van der Waals surface area contributed by atoms with E-state index >= 15 is 0 Å². The zero-order chi connectivity index (χ0) is 13.0. The van der Waals surface area contributed by atoms with Gasteiger partial charge >= 0.3 is 5.97 Å². The number of rotatable bonds is 5. The number of hydrogen-bond donors (Lipinski definition) is 2. The summed E-state index contributed by atoms with van der Waals surface area (Å²) in [4.78, 5) is 26.1. The lowest BCUT2D eigenvalue weighted by Crippen LogP contribution is -2.31. The van der Waals surface area contributed by atoms with Crippen LogP contribution in [0.15, 0.2) is 5.38 Å². The minimum atomic E-state index is -1.05. The van der Waals surface area contributed by atoms with Gasteiger partial charge in [0.15, 0.2) is 5.69 Å². The second kappa shape index (κ2) is 5.77. The molecule has 0 radical (unpaired) electrons. The molecule has 0 aliphatic carbocycles. The van der Waals surface area contributed by atoms with E-state index in [9.17, 15) is 9.59 Å². The van der Waals surface area contributed by atoms with Gasteiger partial charge in [0.25, 0.3) is 0 Å². The van der Waals surface area contributed by atoms with Crippen LogP contribution in [0.4, 0.5) is 0 Å². The Balaban J connectivity index is 2.50. The van der Waals surface area contributed by atoms with Gasteiger partial charge in [-0.2, -0.15) is 0 Å². The van der Waals surface area contributed by atoms with Crippen LogP contribution in [-0.2, 0) is 11.3 Å². The number of carboxylic acid groups (broad SMARTS) is 1.